The molecule has 0 unspecified atom stereocenters. The highest BCUT2D eigenvalue weighted by Gasteiger charge is 1.91. The summed E-state index contributed by atoms with van der Waals surface area (Å²) in [6, 6.07) is 0. The average Bonchev–Trinajstić information content (AvgIpc) is 2.20. The number of rotatable bonds is 6. The van der Waals surface area contributed by atoms with E-state index in [0.717, 1.165) is 0 Å². The van der Waals surface area contributed by atoms with Crippen molar-refractivity contribution in [1.29, 1.82) is 0 Å². The molecule has 0 rings (SSSR count). The van der Waals surface area contributed by atoms with Gasteiger partial charge in [-0.25, -0.2) is 0 Å². The smallest absolute Gasteiger partial charge is 0.305 e. The number of aliphatic hydroxyl groups excluding tert-OH is 2. The summed E-state index contributed by atoms with van der Waals surface area (Å²) < 4.78 is 9.18. The second kappa shape index (κ2) is 14.9. The van der Waals surface area contributed by atoms with Gasteiger partial charge < -0.3 is 19.7 Å². The van der Waals surface area contributed by atoms with Crippen molar-refractivity contribution in [3.05, 3.63) is 0 Å². The lowest BCUT2D eigenvalue weighted by molar-refractivity contribution is -0.142. The fraction of sp³-hybridized carbons (Fsp3) is 0.889. The molecule has 0 aromatic rings. The summed E-state index contributed by atoms with van der Waals surface area (Å²) in [5.41, 5.74) is 0. The molecule has 0 saturated carbocycles. The van der Waals surface area contributed by atoms with Gasteiger partial charge in [-0.05, 0) is 6.92 Å². The molecular weight excluding hydrogens is 188 g/mol. The number of carbonyl (C=O) groups excluding carboxylic acids is 1. The van der Waals surface area contributed by atoms with E-state index >= 15 is 0 Å². The Morgan fingerprint density at radius 2 is 1.64 bits per heavy atom. The molecule has 0 heterocycles. The van der Waals surface area contributed by atoms with Crippen LogP contribution in [0.5, 0.6) is 0 Å². The van der Waals surface area contributed by atoms with E-state index in [4.69, 9.17) is 10.2 Å². The van der Waals surface area contributed by atoms with Crippen LogP contribution in [-0.4, -0.2) is 49.2 Å². The molecule has 0 aliphatic heterocycles. The standard InChI is InChI=1S/C5H10O2.C4H10O3/c1-3-5(6)7-4-2;5-1-3-7-4-2-6/h3-4H2,1-2H3;5-6H,1-4H2. The molecule has 0 saturated heterocycles. The maximum atomic E-state index is 10.2. The average molecular weight is 208 g/mol. The Morgan fingerprint density at radius 1 is 1.14 bits per heavy atom. The fourth-order valence-electron chi connectivity index (χ4n) is 0.494. The van der Waals surface area contributed by atoms with Gasteiger partial charge >= 0.3 is 5.97 Å². The zero-order chi connectivity index (χ0) is 11.2. The molecule has 0 atom stereocenters. The molecule has 0 aromatic carbocycles. The first-order valence-electron chi connectivity index (χ1n) is 4.67. The van der Waals surface area contributed by atoms with E-state index in [-0.39, 0.29) is 19.2 Å². The minimum atomic E-state index is -0.123. The molecule has 2 N–H and O–H groups in total. The predicted molar refractivity (Wildman–Crippen MR) is 51.9 cm³/mol. The second-order valence-corrected chi connectivity index (χ2v) is 2.22. The van der Waals surface area contributed by atoms with E-state index in [1.165, 1.54) is 0 Å². The lowest BCUT2D eigenvalue weighted by Crippen LogP contribution is -2.03. The summed E-state index contributed by atoms with van der Waals surface area (Å²) >= 11 is 0. The molecule has 0 aliphatic carbocycles. The van der Waals surface area contributed by atoms with Crippen molar-refractivity contribution in [2.45, 2.75) is 20.3 Å². The lowest BCUT2D eigenvalue weighted by atomic mass is 10.5. The van der Waals surface area contributed by atoms with Crippen molar-refractivity contribution < 1.29 is 24.5 Å². The highest BCUT2D eigenvalue weighted by atomic mass is 16.5. The van der Waals surface area contributed by atoms with Crippen molar-refractivity contribution in [3.8, 4) is 0 Å². The fourth-order valence-corrected chi connectivity index (χ4v) is 0.494. The largest absolute Gasteiger partial charge is 0.466 e. The molecular formula is C9H20O5. The minimum absolute atomic E-state index is 0.0278. The molecule has 0 aromatic heterocycles. The van der Waals surface area contributed by atoms with Crippen molar-refractivity contribution in [2.24, 2.45) is 0 Å². The topological polar surface area (TPSA) is 76.0 Å². The summed E-state index contributed by atoms with van der Waals surface area (Å²) in [6.45, 7) is 4.76. The van der Waals surface area contributed by atoms with Crippen molar-refractivity contribution in [2.75, 3.05) is 33.0 Å². The van der Waals surface area contributed by atoms with Gasteiger partial charge in [-0.1, -0.05) is 6.92 Å². The first-order valence-corrected chi connectivity index (χ1v) is 4.67. The Bertz CT molecular complexity index is 112. The summed E-state index contributed by atoms with van der Waals surface area (Å²) in [6.07, 6.45) is 0.480. The van der Waals surface area contributed by atoms with Crippen LogP contribution in [0.4, 0.5) is 0 Å². The van der Waals surface area contributed by atoms with Crippen LogP contribution in [-0.2, 0) is 14.3 Å². The molecule has 0 aliphatic rings. The van der Waals surface area contributed by atoms with Gasteiger partial charge in [0.2, 0.25) is 0 Å². The number of aliphatic hydroxyl groups is 2. The number of carbonyl (C=O) groups is 1. The van der Waals surface area contributed by atoms with E-state index in [2.05, 4.69) is 9.47 Å². The Hall–Kier alpha value is -0.650. The molecule has 0 spiro atoms. The zero-order valence-corrected chi connectivity index (χ0v) is 8.86. The van der Waals surface area contributed by atoms with Crippen LogP contribution in [0.25, 0.3) is 0 Å². The summed E-state index contributed by atoms with van der Waals surface area (Å²) in [4.78, 5) is 10.2. The summed E-state index contributed by atoms with van der Waals surface area (Å²) in [5.74, 6) is -0.123. The summed E-state index contributed by atoms with van der Waals surface area (Å²) in [5, 5.41) is 16.2. The maximum absolute atomic E-state index is 10.2. The van der Waals surface area contributed by atoms with Crippen LogP contribution in [0, 0.1) is 0 Å². The van der Waals surface area contributed by atoms with E-state index in [1.54, 1.807) is 13.8 Å². The van der Waals surface area contributed by atoms with Crippen molar-refractivity contribution in [1.82, 2.24) is 0 Å². The van der Waals surface area contributed by atoms with Crippen LogP contribution in [0.3, 0.4) is 0 Å². The van der Waals surface area contributed by atoms with Gasteiger partial charge in [-0.2, -0.15) is 0 Å². The highest BCUT2D eigenvalue weighted by Crippen LogP contribution is 1.80. The molecule has 0 fully saturated rings. The van der Waals surface area contributed by atoms with E-state index < -0.39 is 0 Å². The lowest BCUT2D eigenvalue weighted by Gasteiger charge is -1.94. The van der Waals surface area contributed by atoms with E-state index in [1.807, 2.05) is 0 Å². The normalized spacial score (nSPS) is 8.86. The third-order valence-electron chi connectivity index (χ3n) is 1.07. The van der Waals surface area contributed by atoms with E-state index in [0.29, 0.717) is 26.2 Å². The number of esters is 1. The first-order chi connectivity index (χ1) is 6.72. The van der Waals surface area contributed by atoms with Gasteiger partial charge in [-0.15, -0.1) is 0 Å². The first kappa shape index (κ1) is 15.8. The molecule has 0 radical (unpaired) electrons. The molecule has 0 amide bonds. The predicted octanol–water partition coefficient (Wildman–Crippen LogP) is -0.0529. The third-order valence-corrected chi connectivity index (χ3v) is 1.07. The zero-order valence-electron chi connectivity index (χ0n) is 8.86. The Balaban J connectivity index is 0. The Labute approximate surface area is 84.6 Å². The van der Waals surface area contributed by atoms with Crippen LogP contribution >= 0.6 is 0 Å². The molecule has 14 heavy (non-hydrogen) atoms. The van der Waals surface area contributed by atoms with Gasteiger partial charge in [0.05, 0.1) is 33.0 Å². The van der Waals surface area contributed by atoms with Crippen LogP contribution in [0.15, 0.2) is 0 Å². The number of hydrogen-bond acceptors (Lipinski definition) is 5. The molecule has 0 bridgehead atoms. The third kappa shape index (κ3) is 17.4. The van der Waals surface area contributed by atoms with Gasteiger partial charge in [0.15, 0.2) is 0 Å². The molecule has 5 heteroatoms. The quantitative estimate of drug-likeness (QED) is 0.472. The van der Waals surface area contributed by atoms with E-state index in [9.17, 15) is 4.79 Å². The molecule has 86 valence electrons. The minimum Gasteiger partial charge on any atom is -0.466 e. The SMILES string of the molecule is CCOC(=O)CC.OCCOCCO. The van der Waals surface area contributed by atoms with Gasteiger partial charge in [0, 0.05) is 6.42 Å². The second-order valence-electron chi connectivity index (χ2n) is 2.22. The van der Waals surface area contributed by atoms with Crippen LogP contribution in [0.2, 0.25) is 0 Å². The molecule has 5 nitrogen and oxygen atoms in total. The van der Waals surface area contributed by atoms with Crippen molar-refractivity contribution in [3.63, 3.8) is 0 Å². The number of hydrogen-bond donors (Lipinski definition) is 2. The maximum Gasteiger partial charge on any atom is 0.305 e. The summed E-state index contributed by atoms with van der Waals surface area (Å²) in [7, 11) is 0. The Morgan fingerprint density at radius 3 is 1.86 bits per heavy atom. The van der Waals surface area contributed by atoms with Crippen LogP contribution < -0.4 is 0 Å². The van der Waals surface area contributed by atoms with Gasteiger partial charge in [0.1, 0.15) is 0 Å². The van der Waals surface area contributed by atoms with Crippen LogP contribution in [0.1, 0.15) is 20.3 Å². The van der Waals surface area contributed by atoms with Gasteiger partial charge in [0.25, 0.3) is 0 Å². The van der Waals surface area contributed by atoms with Gasteiger partial charge in [-0.3, -0.25) is 4.79 Å². The van der Waals surface area contributed by atoms with Crippen molar-refractivity contribution >= 4 is 5.97 Å². The number of ether oxygens (including phenoxy) is 2. The highest BCUT2D eigenvalue weighted by molar-refractivity contribution is 5.68. The Kier molecular flexibility index (Phi) is 16.8. The monoisotopic (exact) mass is 208 g/mol.